The van der Waals surface area contributed by atoms with E-state index >= 15 is 0 Å². The normalized spacial score (nSPS) is 16.4. The molecular formula is C16H19N3O. The molecule has 0 N–H and O–H groups in total. The first-order valence-corrected chi connectivity index (χ1v) is 7.13. The molecule has 1 aromatic heterocycles. The molecule has 4 heteroatoms. The third kappa shape index (κ3) is 2.59. The molecule has 1 amide bonds. The molecule has 1 saturated heterocycles. The second-order valence-corrected chi connectivity index (χ2v) is 5.47. The molecule has 104 valence electrons. The summed E-state index contributed by atoms with van der Waals surface area (Å²) in [7, 11) is 0. The molecule has 4 nitrogen and oxygen atoms in total. The largest absolute Gasteiger partial charge is 0.339 e. The molecule has 0 unspecified atom stereocenters. The second kappa shape index (κ2) is 5.49. The second-order valence-electron chi connectivity index (χ2n) is 5.47. The van der Waals surface area contributed by atoms with Crippen molar-refractivity contribution in [3.8, 4) is 5.69 Å². The Bertz CT molecular complexity index is 566. The molecule has 0 aliphatic carbocycles. The van der Waals surface area contributed by atoms with E-state index in [1.165, 1.54) is 0 Å². The number of hydrogen-bond donors (Lipinski definition) is 0. The molecule has 20 heavy (non-hydrogen) atoms. The first-order chi connectivity index (χ1) is 9.74. The van der Waals surface area contributed by atoms with Crippen LogP contribution >= 0.6 is 0 Å². The highest BCUT2D eigenvalue weighted by molar-refractivity contribution is 5.94. The summed E-state index contributed by atoms with van der Waals surface area (Å²) in [5.74, 6) is 0.880. The molecular weight excluding hydrogens is 250 g/mol. The van der Waals surface area contributed by atoms with Gasteiger partial charge in [-0.25, -0.2) is 4.68 Å². The maximum atomic E-state index is 12.4. The van der Waals surface area contributed by atoms with Crippen LogP contribution in [0.3, 0.4) is 0 Å². The Labute approximate surface area is 119 Å². The van der Waals surface area contributed by atoms with Crippen molar-refractivity contribution in [1.82, 2.24) is 14.7 Å². The zero-order valence-electron chi connectivity index (χ0n) is 11.7. The van der Waals surface area contributed by atoms with E-state index in [1.807, 2.05) is 41.4 Å². The average molecular weight is 269 g/mol. The molecule has 1 fully saturated rings. The van der Waals surface area contributed by atoms with Gasteiger partial charge in [0, 0.05) is 31.0 Å². The summed E-state index contributed by atoms with van der Waals surface area (Å²) in [6, 6.07) is 9.53. The Morgan fingerprint density at radius 3 is 2.50 bits per heavy atom. The summed E-state index contributed by atoms with van der Waals surface area (Å²) in [6.07, 6.45) is 5.85. The van der Waals surface area contributed by atoms with Crippen molar-refractivity contribution in [3.05, 3.63) is 48.3 Å². The van der Waals surface area contributed by atoms with E-state index in [0.717, 1.165) is 43.1 Å². The maximum absolute atomic E-state index is 12.4. The summed E-state index contributed by atoms with van der Waals surface area (Å²) in [6.45, 7) is 4.00. The Hall–Kier alpha value is -2.10. The maximum Gasteiger partial charge on any atom is 0.253 e. The number of rotatable bonds is 2. The quantitative estimate of drug-likeness (QED) is 0.840. The van der Waals surface area contributed by atoms with Crippen LogP contribution in [0.25, 0.3) is 5.69 Å². The highest BCUT2D eigenvalue weighted by atomic mass is 16.2. The van der Waals surface area contributed by atoms with Gasteiger partial charge in [-0.1, -0.05) is 6.92 Å². The number of carbonyl (C=O) groups is 1. The smallest absolute Gasteiger partial charge is 0.253 e. The van der Waals surface area contributed by atoms with Crippen molar-refractivity contribution < 1.29 is 4.79 Å². The molecule has 1 aromatic carbocycles. The number of hydrogen-bond acceptors (Lipinski definition) is 2. The van der Waals surface area contributed by atoms with E-state index in [1.54, 1.807) is 10.9 Å². The Balaban J connectivity index is 1.73. The highest BCUT2D eigenvalue weighted by Gasteiger charge is 2.21. The van der Waals surface area contributed by atoms with Crippen molar-refractivity contribution in [2.24, 2.45) is 5.92 Å². The molecule has 0 atom stereocenters. The van der Waals surface area contributed by atoms with Crippen LogP contribution in [0.4, 0.5) is 0 Å². The van der Waals surface area contributed by atoms with Crippen molar-refractivity contribution in [2.45, 2.75) is 19.8 Å². The number of amides is 1. The fourth-order valence-electron chi connectivity index (χ4n) is 2.57. The third-order valence-electron chi connectivity index (χ3n) is 3.95. The van der Waals surface area contributed by atoms with Crippen LogP contribution in [0.1, 0.15) is 30.1 Å². The molecule has 0 spiro atoms. The summed E-state index contributed by atoms with van der Waals surface area (Å²) < 4.78 is 1.79. The van der Waals surface area contributed by atoms with E-state index < -0.39 is 0 Å². The molecule has 0 saturated carbocycles. The lowest BCUT2D eigenvalue weighted by Gasteiger charge is -2.30. The molecule has 0 radical (unpaired) electrons. The van der Waals surface area contributed by atoms with Gasteiger partial charge < -0.3 is 4.90 Å². The fourth-order valence-corrected chi connectivity index (χ4v) is 2.57. The van der Waals surface area contributed by atoms with Gasteiger partial charge in [0.1, 0.15) is 0 Å². The third-order valence-corrected chi connectivity index (χ3v) is 3.95. The van der Waals surface area contributed by atoms with Crippen LogP contribution in [0.2, 0.25) is 0 Å². The summed E-state index contributed by atoms with van der Waals surface area (Å²) in [5, 5.41) is 4.18. The van der Waals surface area contributed by atoms with Gasteiger partial charge in [0.2, 0.25) is 0 Å². The van der Waals surface area contributed by atoms with Gasteiger partial charge in [-0.2, -0.15) is 5.10 Å². The van der Waals surface area contributed by atoms with Gasteiger partial charge in [-0.3, -0.25) is 4.79 Å². The number of nitrogens with zero attached hydrogens (tertiary/aromatic N) is 3. The minimum Gasteiger partial charge on any atom is -0.339 e. The molecule has 3 rings (SSSR count). The minimum absolute atomic E-state index is 0.143. The van der Waals surface area contributed by atoms with Gasteiger partial charge in [0.15, 0.2) is 0 Å². The summed E-state index contributed by atoms with van der Waals surface area (Å²) in [5.41, 5.74) is 1.73. The van der Waals surface area contributed by atoms with E-state index in [2.05, 4.69) is 12.0 Å². The van der Waals surface area contributed by atoms with Crippen LogP contribution in [0.5, 0.6) is 0 Å². The fraction of sp³-hybridized carbons (Fsp3) is 0.375. The lowest BCUT2D eigenvalue weighted by Crippen LogP contribution is -2.37. The molecule has 2 aromatic rings. The molecule has 0 bridgehead atoms. The van der Waals surface area contributed by atoms with Gasteiger partial charge >= 0.3 is 0 Å². The summed E-state index contributed by atoms with van der Waals surface area (Å²) >= 11 is 0. The monoisotopic (exact) mass is 269 g/mol. The van der Waals surface area contributed by atoms with Gasteiger partial charge in [-0.05, 0) is 49.1 Å². The predicted molar refractivity (Wildman–Crippen MR) is 77.9 cm³/mol. The van der Waals surface area contributed by atoms with E-state index in [9.17, 15) is 4.79 Å². The standard InChI is InChI=1S/C16H19N3O/c1-13-7-11-18(12-8-13)16(20)14-3-5-15(6-4-14)19-10-2-9-17-19/h2-6,9-10,13H,7-8,11-12H2,1H3. The number of piperidine rings is 1. The zero-order chi connectivity index (χ0) is 13.9. The lowest BCUT2D eigenvalue weighted by molar-refractivity contribution is 0.0697. The Morgan fingerprint density at radius 2 is 1.90 bits per heavy atom. The van der Waals surface area contributed by atoms with Gasteiger partial charge in [0.25, 0.3) is 5.91 Å². The van der Waals surface area contributed by atoms with Crippen molar-refractivity contribution in [2.75, 3.05) is 13.1 Å². The zero-order valence-corrected chi connectivity index (χ0v) is 11.7. The Morgan fingerprint density at radius 1 is 1.20 bits per heavy atom. The molecule has 1 aliphatic heterocycles. The summed E-state index contributed by atoms with van der Waals surface area (Å²) in [4.78, 5) is 14.4. The van der Waals surface area contributed by atoms with Crippen LogP contribution in [0, 0.1) is 5.92 Å². The van der Waals surface area contributed by atoms with Crippen LogP contribution in [-0.2, 0) is 0 Å². The van der Waals surface area contributed by atoms with Gasteiger partial charge in [0.05, 0.1) is 5.69 Å². The molecule has 1 aliphatic rings. The highest BCUT2D eigenvalue weighted by Crippen LogP contribution is 2.18. The van der Waals surface area contributed by atoms with Crippen molar-refractivity contribution >= 4 is 5.91 Å². The van der Waals surface area contributed by atoms with Gasteiger partial charge in [-0.15, -0.1) is 0 Å². The number of carbonyl (C=O) groups excluding carboxylic acids is 1. The van der Waals surface area contributed by atoms with Crippen LogP contribution in [0.15, 0.2) is 42.7 Å². The van der Waals surface area contributed by atoms with E-state index in [4.69, 9.17) is 0 Å². The van der Waals surface area contributed by atoms with E-state index in [0.29, 0.717) is 0 Å². The first-order valence-electron chi connectivity index (χ1n) is 7.13. The SMILES string of the molecule is CC1CCN(C(=O)c2ccc(-n3cccn3)cc2)CC1. The van der Waals surface area contributed by atoms with Crippen LogP contribution in [-0.4, -0.2) is 33.7 Å². The minimum atomic E-state index is 0.143. The molecule has 2 heterocycles. The topological polar surface area (TPSA) is 38.1 Å². The number of aromatic nitrogens is 2. The Kier molecular flexibility index (Phi) is 3.54. The predicted octanol–water partition coefficient (Wildman–Crippen LogP) is 2.74. The average Bonchev–Trinajstić information content (AvgIpc) is 3.02. The lowest BCUT2D eigenvalue weighted by atomic mass is 9.98. The number of likely N-dealkylation sites (tertiary alicyclic amines) is 1. The van der Waals surface area contributed by atoms with Crippen LogP contribution < -0.4 is 0 Å². The first kappa shape index (κ1) is 12.9. The van der Waals surface area contributed by atoms with E-state index in [-0.39, 0.29) is 5.91 Å². The number of benzene rings is 1. The van der Waals surface area contributed by atoms with Crippen molar-refractivity contribution in [1.29, 1.82) is 0 Å². The van der Waals surface area contributed by atoms with Crippen molar-refractivity contribution in [3.63, 3.8) is 0 Å².